The van der Waals surface area contributed by atoms with Crippen LogP contribution in [0.2, 0.25) is 0 Å². The molecule has 0 saturated heterocycles. The van der Waals surface area contributed by atoms with Gasteiger partial charge in [0, 0.05) is 37.3 Å². The van der Waals surface area contributed by atoms with Crippen LogP contribution >= 0.6 is 0 Å². The van der Waals surface area contributed by atoms with E-state index >= 15 is 0 Å². The molecule has 0 saturated carbocycles. The Kier molecular flexibility index (Phi) is 10.8. The number of aryl methyl sites for hydroxylation is 1. The SMILES string of the molecule is CCNC(=NCc1ccc(C)cc1OCCOCC)NCCNC(C)(C)C. The highest BCUT2D eigenvalue weighted by atomic mass is 16.5. The third-order valence-electron chi connectivity index (χ3n) is 3.74. The first kappa shape index (κ1) is 23.2. The van der Waals surface area contributed by atoms with E-state index in [1.165, 1.54) is 5.56 Å². The summed E-state index contributed by atoms with van der Waals surface area (Å²) in [5, 5.41) is 10.1. The molecular weight excluding hydrogens is 340 g/mol. The van der Waals surface area contributed by atoms with Crippen LogP contribution in [0.15, 0.2) is 23.2 Å². The standard InChI is InChI=1S/C21H38N4O2/c1-7-22-20(23-11-12-25-21(4,5)6)24-16-18-10-9-17(3)15-19(18)27-14-13-26-8-2/h9-10,15,25H,7-8,11-14,16H2,1-6H3,(H2,22,23,24). The van der Waals surface area contributed by atoms with Crippen LogP contribution in [-0.2, 0) is 11.3 Å². The van der Waals surface area contributed by atoms with Crippen LogP contribution in [0.3, 0.4) is 0 Å². The van der Waals surface area contributed by atoms with E-state index in [0.29, 0.717) is 26.4 Å². The molecule has 1 rings (SSSR count). The van der Waals surface area contributed by atoms with E-state index < -0.39 is 0 Å². The Morgan fingerprint density at radius 1 is 1.07 bits per heavy atom. The smallest absolute Gasteiger partial charge is 0.191 e. The van der Waals surface area contributed by atoms with Gasteiger partial charge in [0.25, 0.3) is 0 Å². The van der Waals surface area contributed by atoms with Crippen LogP contribution in [-0.4, -0.2) is 51.0 Å². The number of ether oxygens (including phenoxy) is 2. The third-order valence-corrected chi connectivity index (χ3v) is 3.74. The van der Waals surface area contributed by atoms with Gasteiger partial charge >= 0.3 is 0 Å². The number of benzene rings is 1. The zero-order valence-electron chi connectivity index (χ0n) is 17.9. The predicted molar refractivity (Wildman–Crippen MR) is 114 cm³/mol. The molecule has 1 aromatic carbocycles. The summed E-state index contributed by atoms with van der Waals surface area (Å²) in [6.07, 6.45) is 0. The summed E-state index contributed by atoms with van der Waals surface area (Å²) in [4.78, 5) is 4.71. The van der Waals surface area contributed by atoms with Crippen LogP contribution in [0.25, 0.3) is 0 Å². The lowest BCUT2D eigenvalue weighted by atomic mass is 10.1. The lowest BCUT2D eigenvalue weighted by Gasteiger charge is -2.21. The van der Waals surface area contributed by atoms with Crippen molar-refractivity contribution in [3.63, 3.8) is 0 Å². The number of guanidine groups is 1. The normalized spacial score (nSPS) is 12.1. The fourth-order valence-electron chi connectivity index (χ4n) is 2.41. The Balaban J connectivity index is 2.65. The minimum atomic E-state index is 0.118. The Hall–Kier alpha value is -1.79. The second-order valence-electron chi connectivity index (χ2n) is 7.46. The van der Waals surface area contributed by atoms with Crippen molar-refractivity contribution in [2.75, 3.05) is 39.5 Å². The predicted octanol–water partition coefficient (Wildman–Crippen LogP) is 2.85. The maximum Gasteiger partial charge on any atom is 0.191 e. The molecule has 3 N–H and O–H groups in total. The van der Waals surface area contributed by atoms with E-state index in [2.05, 4.69) is 68.8 Å². The van der Waals surface area contributed by atoms with Crippen molar-refractivity contribution in [1.82, 2.24) is 16.0 Å². The molecule has 6 nitrogen and oxygen atoms in total. The van der Waals surface area contributed by atoms with Gasteiger partial charge in [-0.25, -0.2) is 4.99 Å². The van der Waals surface area contributed by atoms with Crippen molar-refractivity contribution in [3.8, 4) is 5.75 Å². The van der Waals surface area contributed by atoms with E-state index in [4.69, 9.17) is 14.5 Å². The Morgan fingerprint density at radius 3 is 2.52 bits per heavy atom. The molecule has 1 aromatic rings. The van der Waals surface area contributed by atoms with Gasteiger partial charge in [0.15, 0.2) is 5.96 Å². The molecule has 0 amide bonds. The summed E-state index contributed by atoms with van der Waals surface area (Å²) < 4.78 is 11.3. The monoisotopic (exact) mass is 378 g/mol. The third kappa shape index (κ3) is 10.8. The molecule has 0 unspecified atom stereocenters. The summed E-state index contributed by atoms with van der Waals surface area (Å²) in [5.41, 5.74) is 2.36. The van der Waals surface area contributed by atoms with Crippen LogP contribution < -0.4 is 20.7 Å². The number of hydrogen-bond acceptors (Lipinski definition) is 4. The second kappa shape index (κ2) is 12.6. The van der Waals surface area contributed by atoms with Crippen molar-refractivity contribution >= 4 is 5.96 Å². The van der Waals surface area contributed by atoms with Gasteiger partial charge in [-0.2, -0.15) is 0 Å². The summed E-state index contributed by atoms with van der Waals surface area (Å²) >= 11 is 0. The zero-order chi connectivity index (χ0) is 20.1. The molecule has 0 aliphatic heterocycles. The highest BCUT2D eigenvalue weighted by Gasteiger charge is 2.08. The van der Waals surface area contributed by atoms with E-state index in [0.717, 1.165) is 36.9 Å². The molecular formula is C21H38N4O2. The van der Waals surface area contributed by atoms with E-state index in [1.807, 2.05) is 6.92 Å². The lowest BCUT2D eigenvalue weighted by molar-refractivity contribution is 0.110. The second-order valence-corrected chi connectivity index (χ2v) is 7.46. The molecule has 0 fully saturated rings. The molecule has 154 valence electrons. The first-order valence-electron chi connectivity index (χ1n) is 9.93. The first-order valence-corrected chi connectivity index (χ1v) is 9.93. The Labute approximate surface area is 165 Å². The first-order chi connectivity index (χ1) is 12.9. The lowest BCUT2D eigenvalue weighted by Crippen LogP contribution is -2.44. The molecule has 0 bridgehead atoms. The maximum absolute atomic E-state index is 5.90. The van der Waals surface area contributed by atoms with Gasteiger partial charge in [-0.15, -0.1) is 0 Å². The topological polar surface area (TPSA) is 66.9 Å². The Morgan fingerprint density at radius 2 is 1.85 bits per heavy atom. The largest absolute Gasteiger partial charge is 0.491 e. The molecule has 0 radical (unpaired) electrons. The molecule has 27 heavy (non-hydrogen) atoms. The summed E-state index contributed by atoms with van der Waals surface area (Å²) in [7, 11) is 0. The van der Waals surface area contributed by atoms with Crippen LogP contribution in [0.1, 0.15) is 45.7 Å². The Bertz CT molecular complexity index is 568. The van der Waals surface area contributed by atoms with Crippen LogP contribution in [0.4, 0.5) is 0 Å². The highest BCUT2D eigenvalue weighted by molar-refractivity contribution is 5.79. The number of nitrogens with one attached hydrogen (secondary N) is 3. The van der Waals surface area contributed by atoms with Crippen LogP contribution in [0, 0.1) is 6.92 Å². The van der Waals surface area contributed by atoms with E-state index in [1.54, 1.807) is 0 Å². The van der Waals surface area contributed by atoms with E-state index in [-0.39, 0.29) is 5.54 Å². The fourth-order valence-corrected chi connectivity index (χ4v) is 2.41. The van der Waals surface area contributed by atoms with Gasteiger partial charge < -0.3 is 25.4 Å². The van der Waals surface area contributed by atoms with Crippen molar-refractivity contribution in [3.05, 3.63) is 29.3 Å². The molecule has 0 heterocycles. The summed E-state index contributed by atoms with van der Waals surface area (Å²) in [6.45, 7) is 17.5. The fraction of sp³-hybridized carbons (Fsp3) is 0.667. The highest BCUT2D eigenvalue weighted by Crippen LogP contribution is 2.21. The van der Waals surface area contributed by atoms with Gasteiger partial charge in [0.05, 0.1) is 13.2 Å². The molecule has 6 heteroatoms. The minimum absolute atomic E-state index is 0.118. The average molecular weight is 379 g/mol. The van der Waals surface area contributed by atoms with E-state index in [9.17, 15) is 0 Å². The minimum Gasteiger partial charge on any atom is -0.491 e. The van der Waals surface area contributed by atoms with Crippen LogP contribution in [0.5, 0.6) is 5.75 Å². The van der Waals surface area contributed by atoms with Crippen molar-refractivity contribution in [2.45, 2.75) is 53.6 Å². The zero-order valence-corrected chi connectivity index (χ0v) is 17.9. The molecule has 0 aliphatic rings. The van der Waals surface area contributed by atoms with Gasteiger partial charge in [-0.3, -0.25) is 0 Å². The van der Waals surface area contributed by atoms with Crippen molar-refractivity contribution < 1.29 is 9.47 Å². The number of hydrogen-bond donors (Lipinski definition) is 3. The van der Waals surface area contributed by atoms with Gasteiger partial charge in [0.1, 0.15) is 12.4 Å². The van der Waals surface area contributed by atoms with Crippen molar-refractivity contribution in [1.29, 1.82) is 0 Å². The maximum atomic E-state index is 5.90. The summed E-state index contributed by atoms with van der Waals surface area (Å²) in [5.74, 6) is 1.69. The summed E-state index contributed by atoms with van der Waals surface area (Å²) in [6, 6.07) is 6.23. The van der Waals surface area contributed by atoms with Crippen molar-refractivity contribution in [2.24, 2.45) is 4.99 Å². The molecule has 0 atom stereocenters. The number of aliphatic imine (C=N–C) groups is 1. The van der Waals surface area contributed by atoms with Gasteiger partial charge in [-0.05, 0) is 53.2 Å². The van der Waals surface area contributed by atoms with Gasteiger partial charge in [0.2, 0.25) is 0 Å². The number of nitrogens with zero attached hydrogens (tertiary/aromatic N) is 1. The average Bonchev–Trinajstić information content (AvgIpc) is 2.60. The number of rotatable bonds is 11. The molecule has 0 spiro atoms. The quantitative estimate of drug-likeness (QED) is 0.314. The molecule has 0 aromatic heterocycles. The van der Waals surface area contributed by atoms with Gasteiger partial charge in [-0.1, -0.05) is 12.1 Å². The molecule has 0 aliphatic carbocycles.